The van der Waals surface area contributed by atoms with Crippen LogP contribution in [-0.2, 0) is 7.05 Å². The van der Waals surface area contributed by atoms with Crippen molar-refractivity contribution in [2.45, 2.75) is 13.8 Å². The zero-order chi connectivity index (χ0) is 7.89. The molecule has 1 aromatic heterocycles. The molecule has 0 aliphatic rings. The van der Waals surface area contributed by atoms with Crippen molar-refractivity contribution in [2.24, 2.45) is 7.05 Å². The first-order valence-electron chi connectivity index (χ1n) is 3.09. The maximum absolute atomic E-state index is 9.21. The molecule has 1 heterocycles. The van der Waals surface area contributed by atoms with Crippen molar-refractivity contribution in [1.82, 2.24) is 4.57 Å². The van der Waals surface area contributed by atoms with Crippen molar-refractivity contribution >= 4 is 0 Å². The van der Waals surface area contributed by atoms with Crippen LogP contribution >= 0.6 is 0 Å². The van der Waals surface area contributed by atoms with E-state index in [1.165, 1.54) is 4.57 Å². The SMILES string of the molecule is Cc1c(C)c(O)n(C)c1O. The van der Waals surface area contributed by atoms with Gasteiger partial charge in [0.25, 0.3) is 0 Å². The molecule has 3 nitrogen and oxygen atoms in total. The Hall–Kier alpha value is -1.12. The van der Waals surface area contributed by atoms with Gasteiger partial charge >= 0.3 is 0 Å². The standard InChI is InChI=1S/C7H11NO2/c1-4-5(2)7(10)8(3)6(4)9/h9-10H,1-3H3. The highest BCUT2D eigenvalue weighted by Crippen LogP contribution is 2.30. The summed E-state index contributed by atoms with van der Waals surface area (Å²) in [7, 11) is 1.62. The van der Waals surface area contributed by atoms with E-state index >= 15 is 0 Å². The molecule has 3 heteroatoms. The van der Waals surface area contributed by atoms with Crippen LogP contribution in [0.15, 0.2) is 0 Å². The molecule has 10 heavy (non-hydrogen) atoms. The van der Waals surface area contributed by atoms with E-state index in [9.17, 15) is 10.2 Å². The van der Waals surface area contributed by atoms with E-state index in [2.05, 4.69) is 0 Å². The lowest BCUT2D eigenvalue weighted by Gasteiger charge is -1.95. The second-order valence-corrected chi connectivity index (χ2v) is 2.46. The van der Waals surface area contributed by atoms with Gasteiger partial charge in [0.1, 0.15) is 0 Å². The minimum absolute atomic E-state index is 0.134. The summed E-state index contributed by atoms with van der Waals surface area (Å²) in [4.78, 5) is 0. The molecular formula is C7H11NO2. The molecule has 0 saturated carbocycles. The van der Waals surface area contributed by atoms with E-state index < -0.39 is 0 Å². The molecule has 56 valence electrons. The third kappa shape index (κ3) is 0.667. The smallest absolute Gasteiger partial charge is 0.196 e. The molecule has 0 atom stereocenters. The predicted molar refractivity (Wildman–Crippen MR) is 38.2 cm³/mol. The van der Waals surface area contributed by atoms with E-state index in [0.717, 1.165) is 11.1 Å². The molecule has 0 aromatic carbocycles. The summed E-state index contributed by atoms with van der Waals surface area (Å²) >= 11 is 0. The minimum atomic E-state index is 0.134. The van der Waals surface area contributed by atoms with Crippen LogP contribution < -0.4 is 0 Å². The van der Waals surface area contributed by atoms with Crippen LogP contribution in [0.1, 0.15) is 11.1 Å². The molecule has 0 radical (unpaired) electrons. The first kappa shape index (κ1) is 6.99. The van der Waals surface area contributed by atoms with E-state index in [4.69, 9.17) is 0 Å². The third-order valence-corrected chi connectivity index (χ3v) is 1.87. The van der Waals surface area contributed by atoms with Gasteiger partial charge in [-0.2, -0.15) is 0 Å². The highest BCUT2D eigenvalue weighted by atomic mass is 16.3. The number of aromatic nitrogens is 1. The van der Waals surface area contributed by atoms with E-state index in [1.54, 1.807) is 20.9 Å². The van der Waals surface area contributed by atoms with Crippen molar-refractivity contribution < 1.29 is 10.2 Å². The maximum Gasteiger partial charge on any atom is 0.196 e. The van der Waals surface area contributed by atoms with Gasteiger partial charge in [-0.15, -0.1) is 0 Å². The van der Waals surface area contributed by atoms with Gasteiger partial charge < -0.3 is 10.2 Å². The number of hydrogen-bond donors (Lipinski definition) is 2. The Balaban J connectivity index is 3.44. The highest BCUT2D eigenvalue weighted by molar-refractivity contribution is 5.42. The van der Waals surface area contributed by atoms with Gasteiger partial charge in [0.05, 0.1) is 0 Å². The van der Waals surface area contributed by atoms with Gasteiger partial charge in [-0.3, -0.25) is 4.57 Å². The van der Waals surface area contributed by atoms with Gasteiger partial charge in [0.15, 0.2) is 11.8 Å². The summed E-state index contributed by atoms with van der Waals surface area (Å²) in [6, 6.07) is 0. The second kappa shape index (κ2) is 1.94. The predicted octanol–water partition coefficient (Wildman–Crippen LogP) is 1.05. The number of aromatic hydroxyl groups is 2. The summed E-state index contributed by atoms with van der Waals surface area (Å²) in [6.45, 7) is 3.54. The van der Waals surface area contributed by atoms with E-state index in [0.29, 0.717) is 0 Å². The number of hydrogen-bond acceptors (Lipinski definition) is 2. The molecule has 1 rings (SSSR count). The minimum Gasteiger partial charge on any atom is -0.494 e. The fourth-order valence-corrected chi connectivity index (χ4v) is 0.939. The Morgan fingerprint density at radius 1 is 1.00 bits per heavy atom. The second-order valence-electron chi connectivity index (χ2n) is 2.46. The fourth-order valence-electron chi connectivity index (χ4n) is 0.939. The topological polar surface area (TPSA) is 45.4 Å². The summed E-state index contributed by atoms with van der Waals surface area (Å²) < 4.78 is 1.35. The van der Waals surface area contributed by atoms with Crippen LogP contribution in [0.2, 0.25) is 0 Å². The lowest BCUT2D eigenvalue weighted by molar-refractivity contribution is 0.384. The van der Waals surface area contributed by atoms with Gasteiger partial charge in [0.2, 0.25) is 0 Å². The Morgan fingerprint density at radius 2 is 1.30 bits per heavy atom. The lowest BCUT2D eigenvalue weighted by Crippen LogP contribution is -1.84. The summed E-state index contributed by atoms with van der Waals surface area (Å²) in [6.07, 6.45) is 0. The maximum atomic E-state index is 9.21. The van der Waals surface area contributed by atoms with Crippen LogP contribution in [0.4, 0.5) is 0 Å². The van der Waals surface area contributed by atoms with Crippen LogP contribution in [-0.4, -0.2) is 14.8 Å². The third-order valence-electron chi connectivity index (χ3n) is 1.87. The average molecular weight is 141 g/mol. The molecular weight excluding hydrogens is 130 g/mol. The molecule has 0 unspecified atom stereocenters. The molecule has 0 bridgehead atoms. The monoisotopic (exact) mass is 141 g/mol. The van der Waals surface area contributed by atoms with Crippen molar-refractivity contribution in [3.05, 3.63) is 11.1 Å². The Labute approximate surface area is 59.5 Å². The van der Waals surface area contributed by atoms with Crippen molar-refractivity contribution in [2.75, 3.05) is 0 Å². The Morgan fingerprint density at radius 3 is 1.40 bits per heavy atom. The first-order valence-corrected chi connectivity index (χ1v) is 3.09. The fraction of sp³-hybridized carbons (Fsp3) is 0.429. The summed E-state index contributed by atoms with van der Waals surface area (Å²) in [5, 5.41) is 18.4. The molecule has 0 aliphatic heterocycles. The van der Waals surface area contributed by atoms with Crippen LogP contribution in [0.25, 0.3) is 0 Å². The van der Waals surface area contributed by atoms with Crippen molar-refractivity contribution in [3.8, 4) is 11.8 Å². The van der Waals surface area contributed by atoms with Crippen molar-refractivity contribution in [3.63, 3.8) is 0 Å². The Kier molecular flexibility index (Phi) is 1.35. The number of rotatable bonds is 0. The normalized spacial score (nSPS) is 10.3. The largest absolute Gasteiger partial charge is 0.494 e. The zero-order valence-electron chi connectivity index (χ0n) is 6.34. The zero-order valence-corrected chi connectivity index (χ0v) is 6.34. The molecule has 0 fully saturated rings. The van der Waals surface area contributed by atoms with Gasteiger partial charge in [-0.25, -0.2) is 0 Å². The molecule has 0 amide bonds. The quantitative estimate of drug-likeness (QED) is 0.567. The first-order chi connectivity index (χ1) is 4.55. The van der Waals surface area contributed by atoms with E-state index in [-0.39, 0.29) is 11.8 Å². The van der Waals surface area contributed by atoms with Crippen molar-refractivity contribution in [1.29, 1.82) is 0 Å². The van der Waals surface area contributed by atoms with E-state index in [1.807, 2.05) is 0 Å². The molecule has 0 saturated heterocycles. The summed E-state index contributed by atoms with van der Waals surface area (Å²) in [5.74, 6) is 0.269. The molecule has 1 aromatic rings. The van der Waals surface area contributed by atoms with Gasteiger partial charge in [-0.1, -0.05) is 0 Å². The number of nitrogens with zero attached hydrogens (tertiary/aromatic N) is 1. The summed E-state index contributed by atoms with van der Waals surface area (Å²) in [5.41, 5.74) is 1.47. The van der Waals surface area contributed by atoms with Crippen LogP contribution in [0.5, 0.6) is 11.8 Å². The van der Waals surface area contributed by atoms with Crippen LogP contribution in [0, 0.1) is 13.8 Å². The van der Waals surface area contributed by atoms with Gasteiger partial charge in [-0.05, 0) is 13.8 Å². The molecule has 0 aliphatic carbocycles. The van der Waals surface area contributed by atoms with Gasteiger partial charge in [0, 0.05) is 18.2 Å². The molecule has 2 N–H and O–H groups in total. The molecule has 0 spiro atoms. The van der Waals surface area contributed by atoms with Crippen LogP contribution in [0.3, 0.4) is 0 Å². The highest BCUT2D eigenvalue weighted by Gasteiger charge is 2.11. The average Bonchev–Trinajstić information content (AvgIpc) is 2.07. The lowest BCUT2D eigenvalue weighted by atomic mass is 10.2. The Bertz CT molecular complexity index is 183.